The summed E-state index contributed by atoms with van der Waals surface area (Å²) in [6.07, 6.45) is -1.03. The Labute approximate surface area is 317 Å². The Bertz CT molecular complexity index is 1660. The van der Waals surface area contributed by atoms with Crippen molar-refractivity contribution in [2.24, 2.45) is 5.73 Å². The summed E-state index contributed by atoms with van der Waals surface area (Å²) in [5, 5.41) is 25.1. The Morgan fingerprint density at radius 3 is 2.29 bits per heavy atom. The summed E-state index contributed by atoms with van der Waals surface area (Å²) in [6, 6.07) is -0.0692. The fourth-order valence-corrected chi connectivity index (χ4v) is 6.37. The molecule has 3 heterocycles. The number of nitrogens with one attached hydrogen (secondary N) is 3. The number of anilines is 1. The van der Waals surface area contributed by atoms with E-state index in [1.807, 2.05) is 0 Å². The van der Waals surface area contributed by atoms with E-state index < -0.39 is 83.8 Å². The number of nitrogens with two attached hydrogens (primary N) is 1. The average Bonchev–Trinajstić information content (AvgIpc) is 3.08. The van der Waals surface area contributed by atoms with Gasteiger partial charge >= 0.3 is 71.4 Å². The normalized spacial score (nSPS) is 19.4. The van der Waals surface area contributed by atoms with Crippen LogP contribution in [0.15, 0.2) is 35.5 Å². The predicted molar refractivity (Wildman–Crippen MR) is 170 cm³/mol. The number of rotatable bonds is 12. The molecule has 270 valence electrons. The number of thioether (sulfide) groups is 1. The van der Waals surface area contributed by atoms with E-state index in [2.05, 4.69) is 16.0 Å². The van der Waals surface area contributed by atoms with Crippen LogP contribution in [0.2, 0.25) is 0 Å². The number of ether oxygens (including phenoxy) is 2. The number of hydrogen-bond donors (Lipinski definition) is 6. The summed E-state index contributed by atoms with van der Waals surface area (Å²) in [6.45, 7) is 1.97. The molecule has 22 heteroatoms. The molecule has 2 saturated heterocycles. The van der Waals surface area contributed by atoms with E-state index in [-0.39, 0.29) is 85.5 Å². The minimum Gasteiger partial charge on any atom is -1.00 e. The smallest absolute Gasteiger partial charge is 1.00 e. The minimum atomic E-state index is -1.58. The summed E-state index contributed by atoms with van der Waals surface area (Å²) in [4.78, 5) is 114. The van der Waals surface area contributed by atoms with Crippen molar-refractivity contribution < 1.29 is 93.8 Å². The average molecular weight is 744 g/mol. The van der Waals surface area contributed by atoms with Crippen molar-refractivity contribution in [1.29, 1.82) is 0 Å². The molecule has 7 amide bonds. The summed E-state index contributed by atoms with van der Waals surface area (Å²) in [5.74, 6) is -7.14. The second kappa shape index (κ2) is 17.5. The quantitative estimate of drug-likeness (QED) is 0.0509. The van der Waals surface area contributed by atoms with Gasteiger partial charge in [-0.2, -0.15) is 0 Å². The van der Waals surface area contributed by atoms with Gasteiger partial charge in [-0.3, -0.25) is 43.9 Å². The number of aliphatic carboxylic acids is 2. The number of carbonyl (C=O) groups excluding carboxylic acids is 7. The van der Waals surface area contributed by atoms with E-state index in [4.69, 9.17) is 20.3 Å². The SMILES string of the molecule is CCN1CCN(C(=O)N[C@H](C(=O)N[C@@H]2C(=O)N3C(C(=O)O)=C(COC(C)=O)CS[C@H]23)c2ccc(NC(=O)OC[C@@H](N)C(=O)O)cc2)C(=O)C1=O.[H-].[Na+]. The van der Waals surface area contributed by atoms with E-state index in [0.29, 0.717) is 4.90 Å². The third-order valence-electron chi connectivity index (χ3n) is 7.66. The molecule has 1 aromatic rings. The molecule has 0 saturated carbocycles. The van der Waals surface area contributed by atoms with Crippen LogP contribution in [0.5, 0.6) is 0 Å². The topological polar surface area (TPSA) is 284 Å². The number of carboxylic acid groups (broad SMARTS) is 2. The van der Waals surface area contributed by atoms with Crippen molar-refractivity contribution in [3.63, 3.8) is 0 Å². The molecule has 20 nitrogen and oxygen atoms in total. The number of β-lactam (4-membered cyclic amide) rings is 1. The zero-order chi connectivity index (χ0) is 36.9. The molecule has 2 fully saturated rings. The number of imide groups is 1. The molecule has 0 spiro atoms. The van der Waals surface area contributed by atoms with Gasteiger partial charge in [0, 0.05) is 43.6 Å². The standard InChI is InChI=1S/C29H33N7O13S.Na.H/c1-3-34-8-9-35(24(41)23(34)40)28(46)33-18(14-4-6-16(7-5-14)31-29(47)49-11-17(30)26(42)43)21(38)32-19-22(39)36-20(27(44)45)15(10-48-13(2)37)12-50-25(19)36;;/h4-7,17-19,25H,3,8-12,30H2,1-2H3,(H,31,47)(H,32,38)(H,33,46)(H,42,43)(H,44,45);;/q;+1;-1/t17-,18+,19-,25-;;/m1../s1. The van der Waals surface area contributed by atoms with Crippen LogP contribution in [-0.2, 0) is 43.0 Å². The van der Waals surface area contributed by atoms with Crippen molar-refractivity contribution in [2.45, 2.75) is 37.3 Å². The first-order valence-corrected chi connectivity index (χ1v) is 16.0. The number of benzene rings is 1. The van der Waals surface area contributed by atoms with Gasteiger partial charge in [0.1, 0.15) is 42.4 Å². The second-order valence-electron chi connectivity index (χ2n) is 10.9. The van der Waals surface area contributed by atoms with Gasteiger partial charge in [0.2, 0.25) is 5.91 Å². The minimum absolute atomic E-state index is 0. The Morgan fingerprint density at radius 1 is 1.04 bits per heavy atom. The van der Waals surface area contributed by atoms with E-state index in [0.717, 1.165) is 23.6 Å². The number of piperazine rings is 1. The molecule has 7 N–H and O–H groups in total. The van der Waals surface area contributed by atoms with Crippen LogP contribution in [-0.4, -0.2) is 135 Å². The number of fused-ring (bicyclic) bond motifs is 1. The van der Waals surface area contributed by atoms with Gasteiger partial charge < -0.3 is 42.4 Å². The maximum atomic E-state index is 13.7. The summed E-state index contributed by atoms with van der Waals surface area (Å²) < 4.78 is 9.68. The van der Waals surface area contributed by atoms with Gasteiger partial charge in [0.25, 0.3) is 5.91 Å². The van der Waals surface area contributed by atoms with Gasteiger partial charge in [-0.15, -0.1) is 11.8 Å². The van der Waals surface area contributed by atoms with Crippen LogP contribution in [0.3, 0.4) is 0 Å². The molecule has 1 aromatic carbocycles. The summed E-state index contributed by atoms with van der Waals surface area (Å²) in [7, 11) is 0. The number of amides is 7. The van der Waals surface area contributed by atoms with Gasteiger partial charge in [0.15, 0.2) is 0 Å². The van der Waals surface area contributed by atoms with E-state index >= 15 is 0 Å². The van der Waals surface area contributed by atoms with E-state index in [1.165, 1.54) is 29.2 Å². The van der Waals surface area contributed by atoms with Crippen LogP contribution in [0.1, 0.15) is 26.9 Å². The van der Waals surface area contributed by atoms with Crippen LogP contribution >= 0.6 is 11.8 Å². The number of likely N-dealkylation sites (N-methyl/N-ethyl adjacent to an activating group) is 1. The van der Waals surface area contributed by atoms with Crippen LogP contribution in [0.25, 0.3) is 0 Å². The summed E-state index contributed by atoms with van der Waals surface area (Å²) in [5.41, 5.74) is 5.35. The molecule has 3 aliphatic rings. The van der Waals surface area contributed by atoms with Crippen molar-refractivity contribution in [3.8, 4) is 0 Å². The maximum Gasteiger partial charge on any atom is 1.00 e. The first kappa shape index (κ1) is 40.7. The van der Waals surface area contributed by atoms with Crippen LogP contribution in [0, 0.1) is 0 Å². The van der Waals surface area contributed by atoms with Crippen molar-refractivity contribution >= 4 is 71.1 Å². The fourth-order valence-electron chi connectivity index (χ4n) is 5.04. The van der Waals surface area contributed by atoms with Gasteiger partial charge in [-0.25, -0.2) is 14.4 Å². The number of carboxylic acids is 2. The Morgan fingerprint density at radius 2 is 1.71 bits per heavy atom. The Hall–Kier alpha value is -4.70. The predicted octanol–water partition coefficient (Wildman–Crippen LogP) is -4.49. The molecular weight excluding hydrogens is 709 g/mol. The van der Waals surface area contributed by atoms with Crippen molar-refractivity contribution in [3.05, 3.63) is 41.1 Å². The van der Waals surface area contributed by atoms with Gasteiger partial charge in [-0.1, -0.05) is 12.1 Å². The third-order valence-corrected chi connectivity index (χ3v) is 9.00. The molecule has 0 bridgehead atoms. The Kier molecular flexibility index (Phi) is 14.0. The number of nitrogens with zero attached hydrogens (tertiary/aromatic N) is 3. The molecule has 3 aliphatic heterocycles. The van der Waals surface area contributed by atoms with E-state index in [1.54, 1.807) is 6.92 Å². The molecule has 4 atom stereocenters. The first-order valence-electron chi connectivity index (χ1n) is 14.9. The number of hydrogen-bond acceptors (Lipinski definition) is 13. The Balaban J connectivity index is 0.00000468. The molecular formula is C29H34N7NaO13S. The molecule has 4 rings (SSSR count). The largest absolute Gasteiger partial charge is 1.00 e. The molecule has 0 unspecified atom stereocenters. The number of urea groups is 1. The van der Waals surface area contributed by atoms with Gasteiger partial charge in [-0.05, 0) is 24.6 Å². The molecule has 51 heavy (non-hydrogen) atoms. The zero-order valence-electron chi connectivity index (χ0n) is 28.6. The number of carbonyl (C=O) groups is 9. The molecule has 0 aromatic heterocycles. The monoisotopic (exact) mass is 743 g/mol. The van der Waals surface area contributed by atoms with Crippen LogP contribution < -0.4 is 51.2 Å². The van der Waals surface area contributed by atoms with E-state index in [9.17, 15) is 48.3 Å². The summed E-state index contributed by atoms with van der Waals surface area (Å²) >= 11 is 1.11. The zero-order valence-corrected chi connectivity index (χ0v) is 30.4. The maximum absolute atomic E-state index is 13.7. The van der Waals surface area contributed by atoms with Crippen molar-refractivity contribution in [1.82, 2.24) is 25.3 Å². The molecule has 0 radical (unpaired) electrons. The fraction of sp³-hybridized carbons (Fsp3) is 0.414. The van der Waals surface area contributed by atoms with Gasteiger partial charge in [0.05, 0.1) is 0 Å². The third kappa shape index (κ3) is 9.35. The van der Waals surface area contributed by atoms with Crippen LogP contribution in [0.4, 0.5) is 15.3 Å². The second-order valence-corrected chi connectivity index (χ2v) is 12.1. The molecule has 0 aliphatic carbocycles. The number of esters is 1. The first-order chi connectivity index (χ1) is 23.6. The van der Waals surface area contributed by atoms with Crippen molar-refractivity contribution in [2.75, 3.05) is 43.9 Å².